The van der Waals surface area contributed by atoms with E-state index >= 15 is 0 Å². The smallest absolute Gasteiger partial charge is 0.0620 e. The lowest BCUT2D eigenvalue weighted by atomic mass is 9.98. The summed E-state index contributed by atoms with van der Waals surface area (Å²) in [5.74, 6) is 4.92. The molecule has 2 bridgehead atoms. The van der Waals surface area contributed by atoms with Gasteiger partial charge in [0, 0.05) is 12.6 Å². The Morgan fingerprint density at radius 3 is 2.50 bits per heavy atom. The molecule has 0 amide bonds. The molecule has 0 aromatic rings. The Hall–Kier alpha value is -0.0800. The molecule has 2 N–H and O–H groups in total. The van der Waals surface area contributed by atoms with Crippen LogP contribution in [0.4, 0.5) is 0 Å². The Balaban J connectivity index is 1.57. The predicted molar refractivity (Wildman–Crippen MR) is 55.8 cm³/mol. The van der Waals surface area contributed by atoms with Gasteiger partial charge in [0.05, 0.1) is 6.61 Å². The lowest BCUT2D eigenvalue weighted by Crippen LogP contribution is -2.31. The highest BCUT2D eigenvalue weighted by molar-refractivity contribution is 5.15. The van der Waals surface area contributed by atoms with Gasteiger partial charge in [0.2, 0.25) is 0 Å². The van der Waals surface area contributed by atoms with Gasteiger partial charge in [-0.3, -0.25) is 0 Å². The zero-order valence-corrected chi connectivity index (χ0v) is 8.99. The summed E-state index contributed by atoms with van der Waals surface area (Å²) in [7, 11) is 0. The summed E-state index contributed by atoms with van der Waals surface area (Å²) in [6.45, 7) is 3.64. The average Bonchev–Trinajstić information content (AvgIpc) is 2.64. The maximum absolute atomic E-state index is 6.18. The highest BCUT2D eigenvalue weighted by atomic mass is 16.5. The van der Waals surface area contributed by atoms with Crippen molar-refractivity contribution < 1.29 is 4.74 Å². The molecular formula is C12H21NO. The van der Waals surface area contributed by atoms with Crippen LogP contribution in [0.2, 0.25) is 0 Å². The van der Waals surface area contributed by atoms with Crippen LogP contribution in [0.25, 0.3) is 0 Å². The van der Waals surface area contributed by atoms with Crippen LogP contribution in [0.1, 0.15) is 26.2 Å². The minimum atomic E-state index is 0.327. The van der Waals surface area contributed by atoms with E-state index in [-0.39, 0.29) is 0 Å². The normalized spacial score (nSPS) is 50.6. The quantitative estimate of drug-likeness (QED) is 0.740. The van der Waals surface area contributed by atoms with E-state index in [0.717, 1.165) is 42.8 Å². The van der Waals surface area contributed by atoms with E-state index in [0.29, 0.717) is 6.04 Å². The Labute approximate surface area is 86.2 Å². The average molecular weight is 195 g/mol. The molecule has 3 saturated carbocycles. The van der Waals surface area contributed by atoms with Gasteiger partial charge in [-0.25, -0.2) is 0 Å². The van der Waals surface area contributed by atoms with Gasteiger partial charge in [0.25, 0.3) is 0 Å². The SMILES string of the molecule is CCOCC(N)C1C2C3CCC(C3)C12. The molecule has 0 radical (unpaired) electrons. The maximum atomic E-state index is 6.18. The third kappa shape index (κ3) is 1.17. The Bertz CT molecular complexity index is 214. The first-order valence-corrected chi connectivity index (χ1v) is 6.16. The molecule has 5 atom stereocenters. The second-order valence-corrected chi connectivity index (χ2v) is 5.39. The van der Waals surface area contributed by atoms with E-state index in [1.165, 1.54) is 19.3 Å². The van der Waals surface area contributed by atoms with Gasteiger partial charge >= 0.3 is 0 Å². The van der Waals surface area contributed by atoms with Crippen molar-refractivity contribution in [3.05, 3.63) is 0 Å². The lowest BCUT2D eigenvalue weighted by Gasteiger charge is -2.15. The minimum Gasteiger partial charge on any atom is -0.380 e. The Kier molecular flexibility index (Phi) is 2.10. The first-order chi connectivity index (χ1) is 6.83. The van der Waals surface area contributed by atoms with Crippen LogP contribution in [0, 0.1) is 29.6 Å². The fraction of sp³-hybridized carbons (Fsp3) is 1.00. The number of nitrogens with two attached hydrogens (primary N) is 1. The van der Waals surface area contributed by atoms with Gasteiger partial charge in [0.15, 0.2) is 0 Å². The van der Waals surface area contributed by atoms with Gasteiger partial charge in [0.1, 0.15) is 0 Å². The van der Waals surface area contributed by atoms with E-state index in [1.54, 1.807) is 0 Å². The molecule has 3 aliphatic rings. The lowest BCUT2D eigenvalue weighted by molar-refractivity contribution is 0.122. The monoisotopic (exact) mass is 195 g/mol. The predicted octanol–water partition coefficient (Wildman–Crippen LogP) is 1.64. The van der Waals surface area contributed by atoms with Crippen molar-refractivity contribution in [2.75, 3.05) is 13.2 Å². The molecule has 3 fully saturated rings. The van der Waals surface area contributed by atoms with Crippen molar-refractivity contribution in [3.8, 4) is 0 Å². The van der Waals surface area contributed by atoms with Crippen LogP contribution in [0.3, 0.4) is 0 Å². The van der Waals surface area contributed by atoms with Crippen molar-refractivity contribution >= 4 is 0 Å². The van der Waals surface area contributed by atoms with Crippen molar-refractivity contribution in [1.82, 2.24) is 0 Å². The number of ether oxygens (including phenoxy) is 1. The topological polar surface area (TPSA) is 35.2 Å². The molecule has 0 spiro atoms. The summed E-state index contributed by atoms with van der Waals surface area (Å²) >= 11 is 0. The zero-order valence-electron chi connectivity index (χ0n) is 8.99. The standard InChI is InChI=1S/C12H21NO/c1-2-14-6-9(13)12-10-7-3-4-8(5-7)11(10)12/h7-12H,2-6,13H2,1H3. The Morgan fingerprint density at radius 1 is 1.29 bits per heavy atom. The van der Waals surface area contributed by atoms with Gasteiger partial charge in [-0.1, -0.05) is 0 Å². The molecule has 3 rings (SSSR count). The van der Waals surface area contributed by atoms with Gasteiger partial charge < -0.3 is 10.5 Å². The van der Waals surface area contributed by atoms with Crippen LogP contribution in [0.15, 0.2) is 0 Å². The van der Waals surface area contributed by atoms with Crippen molar-refractivity contribution in [2.45, 2.75) is 32.2 Å². The third-order valence-electron chi connectivity index (χ3n) is 4.80. The summed E-state index contributed by atoms with van der Waals surface area (Å²) in [6.07, 6.45) is 4.50. The molecule has 0 aromatic carbocycles. The number of rotatable bonds is 4. The van der Waals surface area contributed by atoms with Crippen LogP contribution < -0.4 is 5.73 Å². The summed E-state index contributed by atoms with van der Waals surface area (Å²) in [5.41, 5.74) is 6.18. The summed E-state index contributed by atoms with van der Waals surface area (Å²) in [5, 5.41) is 0. The highest BCUT2D eigenvalue weighted by Gasteiger charge is 2.66. The first-order valence-electron chi connectivity index (χ1n) is 6.16. The number of fused-ring (bicyclic) bond motifs is 5. The second kappa shape index (κ2) is 3.21. The van der Waals surface area contributed by atoms with E-state index in [9.17, 15) is 0 Å². The van der Waals surface area contributed by atoms with Crippen LogP contribution in [0.5, 0.6) is 0 Å². The summed E-state index contributed by atoms with van der Waals surface area (Å²) in [6, 6.07) is 0.327. The van der Waals surface area contributed by atoms with Gasteiger partial charge in [-0.05, 0) is 55.8 Å². The third-order valence-corrected chi connectivity index (χ3v) is 4.80. The largest absolute Gasteiger partial charge is 0.380 e. The molecule has 0 heterocycles. The summed E-state index contributed by atoms with van der Waals surface area (Å²) in [4.78, 5) is 0. The molecule has 80 valence electrons. The number of hydrogen-bond acceptors (Lipinski definition) is 2. The molecule has 5 unspecified atom stereocenters. The van der Waals surface area contributed by atoms with Crippen molar-refractivity contribution in [1.29, 1.82) is 0 Å². The molecule has 0 aromatic heterocycles. The molecule has 2 nitrogen and oxygen atoms in total. The Morgan fingerprint density at radius 2 is 1.93 bits per heavy atom. The van der Waals surface area contributed by atoms with Crippen LogP contribution >= 0.6 is 0 Å². The second-order valence-electron chi connectivity index (χ2n) is 5.39. The minimum absolute atomic E-state index is 0.327. The van der Waals surface area contributed by atoms with E-state index < -0.39 is 0 Å². The van der Waals surface area contributed by atoms with E-state index in [2.05, 4.69) is 0 Å². The zero-order chi connectivity index (χ0) is 9.71. The molecule has 2 heteroatoms. The molecule has 0 saturated heterocycles. The van der Waals surface area contributed by atoms with E-state index in [4.69, 9.17) is 10.5 Å². The van der Waals surface area contributed by atoms with Crippen LogP contribution in [-0.2, 0) is 4.74 Å². The van der Waals surface area contributed by atoms with E-state index in [1.807, 2.05) is 6.92 Å². The first kappa shape index (κ1) is 9.17. The van der Waals surface area contributed by atoms with Gasteiger partial charge in [-0.2, -0.15) is 0 Å². The maximum Gasteiger partial charge on any atom is 0.0620 e. The van der Waals surface area contributed by atoms with Crippen LogP contribution in [-0.4, -0.2) is 19.3 Å². The fourth-order valence-corrected chi connectivity index (χ4v) is 4.33. The molecule has 3 aliphatic carbocycles. The summed E-state index contributed by atoms with van der Waals surface area (Å²) < 4.78 is 5.43. The molecule has 14 heavy (non-hydrogen) atoms. The number of hydrogen-bond donors (Lipinski definition) is 1. The highest BCUT2D eigenvalue weighted by Crippen LogP contribution is 2.69. The fourth-order valence-electron chi connectivity index (χ4n) is 4.33. The molecule has 0 aliphatic heterocycles. The van der Waals surface area contributed by atoms with Crippen molar-refractivity contribution in [3.63, 3.8) is 0 Å². The van der Waals surface area contributed by atoms with Crippen molar-refractivity contribution in [2.24, 2.45) is 35.3 Å². The molecular weight excluding hydrogens is 174 g/mol. The van der Waals surface area contributed by atoms with Gasteiger partial charge in [-0.15, -0.1) is 0 Å².